The van der Waals surface area contributed by atoms with Crippen molar-refractivity contribution < 1.29 is 14.5 Å². The van der Waals surface area contributed by atoms with Gasteiger partial charge in [0.05, 0.1) is 12.0 Å². The molecule has 0 aromatic heterocycles. The molecular formula is C17H17ClN2O4. The van der Waals surface area contributed by atoms with Crippen molar-refractivity contribution in [2.75, 3.05) is 19.1 Å². The number of halogens is 1. The molecule has 0 saturated heterocycles. The Kier molecular flexibility index (Phi) is 5.41. The first-order valence-corrected chi connectivity index (χ1v) is 7.54. The van der Waals surface area contributed by atoms with Gasteiger partial charge in [-0.2, -0.15) is 0 Å². The molecule has 2 aromatic carbocycles. The van der Waals surface area contributed by atoms with E-state index in [-0.39, 0.29) is 11.5 Å². The monoisotopic (exact) mass is 348 g/mol. The predicted octanol–water partition coefficient (Wildman–Crippen LogP) is 4.10. The normalized spacial score (nSPS) is 10.3. The van der Waals surface area contributed by atoms with Crippen LogP contribution in [0, 0.1) is 10.1 Å². The van der Waals surface area contributed by atoms with Crippen LogP contribution in [0.1, 0.15) is 22.8 Å². The Labute approximate surface area is 144 Å². The lowest BCUT2D eigenvalue weighted by atomic mass is 10.1. The number of carbonyl (C=O) groups excluding carboxylic acids is 1. The fraction of sp³-hybridized carbons (Fsp3) is 0.235. The number of benzene rings is 2. The maximum atomic E-state index is 11.4. The van der Waals surface area contributed by atoms with E-state index in [2.05, 4.69) is 0 Å². The second kappa shape index (κ2) is 7.31. The highest BCUT2D eigenvalue weighted by atomic mass is 35.5. The van der Waals surface area contributed by atoms with Gasteiger partial charge in [0, 0.05) is 35.8 Å². The van der Waals surface area contributed by atoms with Gasteiger partial charge in [-0.25, -0.2) is 0 Å². The van der Waals surface area contributed by atoms with Crippen LogP contribution in [0.2, 0.25) is 5.02 Å². The maximum absolute atomic E-state index is 11.4. The van der Waals surface area contributed by atoms with Gasteiger partial charge in [-0.3, -0.25) is 14.9 Å². The highest BCUT2D eigenvalue weighted by Crippen LogP contribution is 2.31. The van der Waals surface area contributed by atoms with Gasteiger partial charge in [0.15, 0.2) is 5.78 Å². The Morgan fingerprint density at radius 1 is 1.29 bits per heavy atom. The fourth-order valence-electron chi connectivity index (χ4n) is 2.42. The number of ketones is 1. The molecule has 24 heavy (non-hydrogen) atoms. The highest BCUT2D eigenvalue weighted by molar-refractivity contribution is 6.30. The Bertz CT molecular complexity index is 792. The number of nitro groups is 1. The van der Waals surface area contributed by atoms with Crippen LogP contribution in [0.3, 0.4) is 0 Å². The second-order valence-electron chi connectivity index (χ2n) is 5.33. The van der Waals surface area contributed by atoms with Crippen molar-refractivity contribution in [3.63, 3.8) is 0 Å². The fourth-order valence-corrected chi connectivity index (χ4v) is 2.62. The first-order chi connectivity index (χ1) is 11.3. The summed E-state index contributed by atoms with van der Waals surface area (Å²) >= 11 is 6.02. The van der Waals surface area contributed by atoms with Crippen LogP contribution in [0.4, 0.5) is 11.4 Å². The first-order valence-electron chi connectivity index (χ1n) is 7.16. The number of rotatable bonds is 6. The lowest BCUT2D eigenvalue weighted by Crippen LogP contribution is -2.18. The zero-order chi connectivity index (χ0) is 17.9. The lowest BCUT2D eigenvalue weighted by Gasteiger charge is -2.21. The zero-order valence-electron chi connectivity index (χ0n) is 13.6. The van der Waals surface area contributed by atoms with E-state index in [4.69, 9.17) is 16.3 Å². The van der Waals surface area contributed by atoms with E-state index in [0.717, 1.165) is 5.56 Å². The smallest absolute Gasteiger partial charge is 0.293 e. The third-order valence-corrected chi connectivity index (χ3v) is 3.87. The number of ether oxygens (including phenoxy) is 1. The van der Waals surface area contributed by atoms with Gasteiger partial charge in [-0.05, 0) is 37.3 Å². The predicted molar refractivity (Wildman–Crippen MR) is 93.2 cm³/mol. The molecule has 0 saturated carbocycles. The van der Waals surface area contributed by atoms with Crippen molar-refractivity contribution in [3.8, 4) is 5.75 Å². The molecule has 0 aliphatic carbocycles. The van der Waals surface area contributed by atoms with E-state index in [0.29, 0.717) is 28.6 Å². The second-order valence-corrected chi connectivity index (χ2v) is 5.77. The zero-order valence-corrected chi connectivity index (χ0v) is 14.3. The molecular weight excluding hydrogens is 332 g/mol. The van der Waals surface area contributed by atoms with Crippen molar-refractivity contribution in [2.24, 2.45) is 0 Å². The molecule has 2 aromatic rings. The molecule has 0 aliphatic heterocycles. The summed E-state index contributed by atoms with van der Waals surface area (Å²) in [6.45, 7) is 1.74. The molecule has 6 nitrogen and oxygen atoms in total. The van der Waals surface area contributed by atoms with E-state index in [1.807, 2.05) is 0 Å². The Morgan fingerprint density at radius 2 is 2.00 bits per heavy atom. The summed E-state index contributed by atoms with van der Waals surface area (Å²) in [6.07, 6.45) is 0. The van der Waals surface area contributed by atoms with Crippen LogP contribution in [0.25, 0.3) is 0 Å². The highest BCUT2D eigenvalue weighted by Gasteiger charge is 2.20. The number of anilines is 1. The molecule has 0 radical (unpaired) electrons. The molecule has 0 amide bonds. The summed E-state index contributed by atoms with van der Waals surface area (Å²) in [5.74, 6) is 0.429. The van der Waals surface area contributed by atoms with Crippen LogP contribution in [0.15, 0.2) is 36.4 Å². The molecule has 2 rings (SSSR count). The van der Waals surface area contributed by atoms with Crippen molar-refractivity contribution in [3.05, 3.63) is 62.7 Å². The van der Waals surface area contributed by atoms with E-state index in [9.17, 15) is 14.9 Å². The summed E-state index contributed by atoms with van der Waals surface area (Å²) in [5, 5.41) is 11.9. The first kappa shape index (κ1) is 17.7. The largest absolute Gasteiger partial charge is 0.496 e. The molecule has 0 N–H and O–H groups in total. The van der Waals surface area contributed by atoms with Gasteiger partial charge in [0.2, 0.25) is 0 Å². The summed E-state index contributed by atoms with van der Waals surface area (Å²) < 4.78 is 5.30. The standard InChI is InChI=1S/C17H17ClN2O4/c1-11(21)12-4-6-15(16(9-12)20(22)23)19(2)10-13-8-14(18)5-7-17(13)24-3/h4-9H,10H2,1-3H3. The number of nitrogens with zero attached hydrogens (tertiary/aromatic N) is 2. The van der Waals surface area contributed by atoms with E-state index >= 15 is 0 Å². The third-order valence-electron chi connectivity index (χ3n) is 3.64. The number of hydrogen-bond acceptors (Lipinski definition) is 5. The number of nitro benzene ring substituents is 1. The molecule has 7 heteroatoms. The molecule has 0 unspecified atom stereocenters. The SMILES string of the molecule is COc1ccc(Cl)cc1CN(C)c1ccc(C(C)=O)cc1[N+](=O)[O-]. The Balaban J connectivity index is 2.39. The van der Waals surface area contributed by atoms with E-state index < -0.39 is 4.92 Å². The van der Waals surface area contributed by atoms with E-state index in [1.165, 1.54) is 13.0 Å². The van der Waals surface area contributed by atoms with Crippen LogP contribution >= 0.6 is 11.6 Å². The summed E-state index contributed by atoms with van der Waals surface area (Å²) in [4.78, 5) is 24.0. The lowest BCUT2D eigenvalue weighted by molar-refractivity contribution is -0.384. The van der Waals surface area contributed by atoms with E-state index in [1.54, 1.807) is 49.4 Å². The number of hydrogen-bond donors (Lipinski definition) is 0. The average molecular weight is 349 g/mol. The summed E-state index contributed by atoms with van der Waals surface area (Å²) in [6, 6.07) is 9.67. The van der Waals surface area contributed by atoms with Crippen molar-refractivity contribution >= 4 is 28.8 Å². The third kappa shape index (κ3) is 3.83. The molecule has 0 atom stereocenters. The van der Waals surface area contributed by atoms with Crippen molar-refractivity contribution in [1.29, 1.82) is 0 Å². The summed E-state index contributed by atoms with van der Waals surface area (Å²) in [5.41, 5.74) is 1.40. The summed E-state index contributed by atoms with van der Waals surface area (Å²) in [7, 11) is 3.28. The van der Waals surface area contributed by atoms with Gasteiger partial charge in [0.25, 0.3) is 5.69 Å². The Morgan fingerprint density at radius 3 is 2.58 bits per heavy atom. The molecule has 0 spiro atoms. The topological polar surface area (TPSA) is 72.7 Å². The van der Waals surface area contributed by atoms with Crippen LogP contribution in [0.5, 0.6) is 5.75 Å². The molecule has 0 heterocycles. The maximum Gasteiger partial charge on any atom is 0.293 e. The van der Waals surface area contributed by atoms with Gasteiger partial charge in [-0.15, -0.1) is 0 Å². The molecule has 0 aliphatic rings. The number of methoxy groups -OCH3 is 1. The number of carbonyl (C=O) groups is 1. The van der Waals surface area contributed by atoms with Crippen LogP contribution in [-0.4, -0.2) is 24.9 Å². The van der Waals surface area contributed by atoms with Gasteiger partial charge < -0.3 is 9.64 Å². The number of Topliss-reactive ketones (excluding diaryl/α,β-unsaturated/α-hetero) is 1. The minimum absolute atomic E-state index is 0.119. The Hall–Kier alpha value is -2.60. The van der Waals surface area contributed by atoms with Gasteiger partial charge in [0.1, 0.15) is 11.4 Å². The average Bonchev–Trinajstić information content (AvgIpc) is 2.54. The van der Waals surface area contributed by atoms with Crippen LogP contribution in [-0.2, 0) is 6.54 Å². The molecule has 0 bridgehead atoms. The van der Waals surface area contributed by atoms with Crippen LogP contribution < -0.4 is 9.64 Å². The van der Waals surface area contributed by atoms with Gasteiger partial charge in [-0.1, -0.05) is 11.6 Å². The van der Waals surface area contributed by atoms with Crippen molar-refractivity contribution in [1.82, 2.24) is 0 Å². The van der Waals surface area contributed by atoms with Gasteiger partial charge >= 0.3 is 0 Å². The van der Waals surface area contributed by atoms with Crippen molar-refractivity contribution in [2.45, 2.75) is 13.5 Å². The molecule has 0 fully saturated rings. The molecule has 126 valence electrons. The quantitative estimate of drug-likeness (QED) is 0.446. The minimum Gasteiger partial charge on any atom is -0.496 e. The minimum atomic E-state index is -0.493.